The smallest absolute Gasteiger partial charge is 0.251 e. The molecule has 0 aliphatic rings. The lowest BCUT2D eigenvalue weighted by Gasteiger charge is -2.20. The van der Waals surface area contributed by atoms with Crippen LogP contribution in [0.25, 0.3) is 0 Å². The van der Waals surface area contributed by atoms with Crippen molar-refractivity contribution in [2.24, 2.45) is 0 Å². The van der Waals surface area contributed by atoms with Crippen molar-refractivity contribution >= 4 is 15.9 Å². The number of rotatable bonds is 5. The van der Waals surface area contributed by atoms with E-state index in [1.807, 2.05) is 19.1 Å². The molecule has 0 fully saturated rings. The SMILES string of the molecule is CC(NC(=O)c1ccc(S(=O)(=O)NC(C)(C)C)cc1)c1ccncc1. The minimum absolute atomic E-state index is 0.126. The molecular formula is C18H23N3O3S. The molecule has 1 aromatic carbocycles. The summed E-state index contributed by atoms with van der Waals surface area (Å²) in [6.07, 6.45) is 3.33. The summed E-state index contributed by atoms with van der Waals surface area (Å²) in [4.78, 5) is 16.4. The van der Waals surface area contributed by atoms with Gasteiger partial charge in [0.25, 0.3) is 5.91 Å². The lowest BCUT2D eigenvalue weighted by Crippen LogP contribution is -2.40. The number of aromatic nitrogens is 1. The Bertz CT molecular complexity index is 826. The molecule has 2 aromatic rings. The summed E-state index contributed by atoms with van der Waals surface area (Å²) < 4.78 is 27.1. The van der Waals surface area contributed by atoms with Crippen molar-refractivity contribution in [3.8, 4) is 0 Å². The van der Waals surface area contributed by atoms with Crippen molar-refractivity contribution in [3.05, 3.63) is 59.9 Å². The van der Waals surface area contributed by atoms with Crippen molar-refractivity contribution < 1.29 is 13.2 Å². The molecule has 0 radical (unpaired) electrons. The normalized spacial score (nSPS) is 13.3. The molecule has 0 aliphatic heterocycles. The highest BCUT2D eigenvalue weighted by atomic mass is 32.2. The molecular weight excluding hydrogens is 338 g/mol. The highest BCUT2D eigenvalue weighted by Gasteiger charge is 2.22. The molecule has 1 heterocycles. The van der Waals surface area contributed by atoms with E-state index in [2.05, 4.69) is 15.0 Å². The molecule has 6 nitrogen and oxygen atoms in total. The standard InChI is InChI=1S/C18H23N3O3S/c1-13(14-9-11-19-12-10-14)20-17(22)15-5-7-16(8-6-15)25(23,24)21-18(2,3)4/h5-13,21H,1-4H3,(H,20,22). The Morgan fingerprint density at radius 2 is 1.60 bits per heavy atom. The van der Waals surface area contributed by atoms with E-state index in [1.54, 1.807) is 33.2 Å². The summed E-state index contributed by atoms with van der Waals surface area (Å²) in [5, 5.41) is 2.88. The van der Waals surface area contributed by atoms with E-state index in [4.69, 9.17) is 0 Å². The van der Waals surface area contributed by atoms with Crippen LogP contribution in [-0.2, 0) is 10.0 Å². The van der Waals surface area contributed by atoms with E-state index in [9.17, 15) is 13.2 Å². The third kappa shape index (κ3) is 5.37. The number of sulfonamides is 1. The lowest BCUT2D eigenvalue weighted by molar-refractivity contribution is 0.0939. The molecule has 1 unspecified atom stereocenters. The number of amides is 1. The second kappa shape index (κ2) is 7.33. The van der Waals surface area contributed by atoms with Crippen molar-refractivity contribution in [3.63, 3.8) is 0 Å². The summed E-state index contributed by atoms with van der Waals surface area (Å²) >= 11 is 0. The van der Waals surface area contributed by atoms with Gasteiger partial charge in [0.1, 0.15) is 0 Å². The minimum Gasteiger partial charge on any atom is -0.346 e. The molecule has 25 heavy (non-hydrogen) atoms. The fourth-order valence-electron chi connectivity index (χ4n) is 2.26. The second-order valence-corrected chi connectivity index (χ2v) is 8.54. The maximum atomic E-state index is 12.3. The van der Waals surface area contributed by atoms with Gasteiger partial charge in [-0.2, -0.15) is 0 Å². The quantitative estimate of drug-likeness (QED) is 0.857. The largest absolute Gasteiger partial charge is 0.346 e. The van der Waals surface area contributed by atoms with E-state index in [1.165, 1.54) is 24.3 Å². The molecule has 7 heteroatoms. The van der Waals surface area contributed by atoms with Gasteiger partial charge in [0.15, 0.2) is 0 Å². The summed E-state index contributed by atoms with van der Waals surface area (Å²) in [6.45, 7) is 7.19. The number of nitrogens with zero attached hydrogens (tertiary/aromatic N) is 1. The Hall–Kier alpha value is -2.25. The molecule has 1 aromatic heterocycles. The molecule has 0 spiro atoms. The van der Waals surface area contributed by atoms with Crippen LogP contribution in [0.1, 0.15) is 49.7 Å². The van der Waals surface area contributed by atoms with Gasteiger partial charge >= 0.3 is 0 Å². The van der Waals surface area contributed by atoms with Crippen molar-refractivity contribution in [2.45, 2.75) is 44.2 Å². The maximum absolute atomic E-state index is 12.3. The zero-order chi connectivity index (χ0) is 18.7. The third-order valence-corrected chi connectivity index (χ3v) is 5.19. The first-order chi connectivity index (χ1) is 11.6. The van der Waals surface area contributed by atoms with Crippen molar-refractivity contribution in [1.29, 1.82) is 0 Å². The van der Waals surface area contributed by atoms with E-state index in [-0.39, 0.29) is 16.8 Å². The zero-order valence-corrected chi connectivity index (χ0v) is 15.6. The molecule has 1 atom stereocenters. The summed E-state index contributed by atoms with van der Waals surface area (Å²) in [5.74, 6) is -0.267. The fourth-order valence-corrected chi connectivity index (χ4v) is 3.68. The molecule has 134 valence electrons. The summed E-state index contributed by atoms with van der Waals surface area (Å²) in [5.41, 5.74) is 0.766. The molecule has 0 aliphatic carbocycles. The molecule has 0 saturated carbocycles. The minimum atomic E-state index is -3.62. The van der Waals surface area contributed by atoms with Crippen molar-refractivity contribution in [2.75, 3.05) is 0 Å². The van der Waals surface area contributed by atoms with E-state index in [0.717, 1.165) is 5.56 Å². The summed E-state index contributed by atoms with van der Waals surface area (Å²) in [6, 6.07) is 9.36. The van der Waals surface area contributed by atoms with E-state index >= 15 is 0 Å². The fraction of sp³-hybridized carbons (Fsp3) is 0.333. The first-order valence-electron chi connectivity index (χ1n) is 7.93. The van der Waals surface area contributed by atoms with Gasteiger partial charge in [-0.1, -0.05) is 0 Å². The summed E-state index contributed by atoms with van der Waals surface area (Å²) in [7, 11) is -3.62. The lowest BCUT2D eigenvalue weighted by atomic mass is 10.1. The van der Waals surface area contributed by atoms with E-state index in [0.29, 0.717) is 5.56 Å². The van der Waals surface area contributed by atoms with Crippen LogP contribution in [0.2, 0.25) is 0 Å². The highest BCUT2D eigenvalue weighted by Crippen LogP contribution is 2.15. The highest BCUT2D eigenvalue weighted by molar-refractivity contribution is 7.89. The Morgan fingerprint density at radius 3 is 2.12 bits per heavy atom. The number of hydrogen-bond donors (Lipinski definition) is 2. The van der Waals surface area contributed by atoms with Gasteiger partial charge in [-0.25, -0.2) is 13.1 Å². The number of nitrogens with one attached hydrogen (secondary N) is 2. The van der Waals surface area contributed by atoms with Gasteiger partial charge in [0.2, 0.25) is 10.0 Å². The monoisotopic (exact) mass is 361 g/mol. The first kappa shape index (κ1) is 19.1. The van der Waals surface area contributed by atoms with Gasteiger partial charge in [-0.05, 0) is 69.7 Å². The second-order valence-electron chi connectivity index (χ2n) is 6.86. The van der Waals surface area contributed by atoms with Gasteiger partial charge in [0.05, 0.1) is 10.9 Å². The topological polar surface area (TPSA) is 88.2 Å². The number of hydrogen-bond acceptors (Lipinski definition) is 4. The van der Waals surface area contributed by atoms with Gasteiger partial charge in [0, 0.05) is 23.5 Å². The Balaban J connectivity index is 2.10. The van der Waals surface area contributed by atoms with Crippen LogP contribution < -0.4 is 10.0 Å². The average molecular weight is 361 g/mol. The predicted molar refractivity (Wildman–Crippen MR) is 96.6 cm³/mol. The first-order valence-corrected chi connectivity index (χ1v) is 9.42. The Morgan fingerprint density at radius 1 is 1.04 bits per heavy atom. The van der Waals surface area contributed by atoms with Gasteiger partial charge in [-0.3, -0.25) is 9.78 Å². The number of carbonyl (C=O) groups is 1. The Kier molecular flexibility index (Phi) is 5.59. The molecule has 0 saturated heterocycles. The van der Waals surface area contributed by atoms with Crippen LogP contribution in [0.4, 0.5) is 0 Å². The van der Waals surface area contributed by atoms with Crippen LogP contribution in [0.5, 0.6) is 0 Å². The average Bonchev–Trinajstić information content (AvgIpc) is 2.53. The maximum Gasteiger partial charge on any atom is 0.251 e. The number of pyridine rings is 1. The predicted octanol–water partition coefficient (Wildman–Crippen LogP) is 2.65. The van der Waals surface area contributed by atoms with Crippen LogP contribution in [0, 0.1) is 0 Å². The zero-order valence-electron chi connectivity index (χ0n) is 14.8. The molecule has 2 N–H and O–H groups in total. The van der Waals surface area contributed by atoms with Gasteiger partial charge in [-0.15, -0.1) is 0 Å². The van der Waals surface area contributed by atoms with Crippen LogP contribution in [0.3, 0.4) is 0 Å². The van der Waals surface area contributed by atoms with Crippen LogP contribution >= 0.6 is 0 Å². The van der Waals surface area contributed by atoms with Crippen LogP contribution in [0.15, 0.2) is 53.7 Å². The van der Waals surface area contributed by atoms with Crippen molar-refractivity contribution in [1.82, 2.24) is 15.0 Å². The third-order valence-electron chi connectivity index (χ3n) is 3.42. The molecule has 0 bridgehead atoms. The van der Waals surface area contributed by atoms with Crippen LogP contribution in [-0.4, -0.2) is 24.8 Å². The molecule has 2 rings (SSSR count). The molecule has 1 amide bonds. The van der Waals surface area contributed by atoms with Gasteiger partial charge < -0.3 is 5.32 Å². The Labute approximate surface area is 148 Å². The van der Waals surface area contributed by atoms with E-state index < -0.39 is 15.6 Å². The number of benzene rings is 1. The number of carbonyl (C=O) groups excluding carboxylic acids is 1.